The first-order chi connectivity index (χ1) is 14.0. The van der Waals surface area contributed by atoms with Crippen molar-refractivity contribution in [2.45, 2.75) is 19.4 Å². The van der Waals surface area contributed by atoms with E-state index in [2.05, 4.69) is 26.1 Å². The van der Waals surface area contributed by atoms with E-state index in [0.29, 0.717) is 39.3 Å². The Balaban J connectivity index is 1.95. The molecule has 2 aromatic carbocycles. The normalized spacial score (nSPS) is 15.6. The van der Waals surface area contributed by atoms with Crippen molar-refractivity contribution in [3.05, 3.63) is 57.7 Å². The number of methoxy groups -OCH3 is 1. The number of amides is 1. The number of hydrogen-bond donors (Lipinski definition) is 3. The standard InChI is InChI=1S/C21H20BrN3O4/c1-3-8-25-19(11-9-13(22)20(27)15(10-11)29-2)16-17(23-24-18(16)21(25)28)12-6-4-5-7-14(12)26/h4-7,9-10,19,26-27H,3,8H2,1-2H3,(H,23,24)/t19-/m0/s1. The van der Waals surface area contributed by atoms with Crippen LogP contribution in [0.25, 0.3) is 11.3 Å². The summed E-state index contributed by atoms with van der Waals surface area (Å²) in [4.78, 5) is 14.9. The zero-order valence-electron chi connectivity index (χ0n) is 15.9. The van der Waals surface area contributed by atoms with Crippen molar-refractivity contribution in [1.82, 2.24) is 15.1 Å². The summed E-state index contributed by atoms with van der Waals surface area (Å²) < 4.78 is 5.77. The maximum atomic E-state index is 13.1. The van der Waals surface area contributed by atoms with Gasteiger partial charge in [0.1, 0.15) is 17.1 Å². The average Bonchev–Trinajstić information content (AvgIpc) is 3.24. The van der Waals surface area contributed by atoms with Crippen LogP contribution < -0.4 is 4.74 Å². The summed E-state index contributed by atoms with van der Waals surface area (Å²) in [6.45, 7) is 2.56. The predicted molar refractivity (Wildman–Crippen MR) is 111 cm³/mol. The van der Waals surface area contributed by atoms with Crippen molar-refractivity contribution >= 4 is 21.8 Å². The summed E-state index contributed by atoms with van der Waals surface area (Å²) in [7, 11) is 1.48. The molecule has 3 aromatic rings. The number of rotatable bonds is 5. The Hall–Kier alpha value is -3.00. The number of carbonyl (C=O) groups excluding carboxylic acids is 1. The highest BCUT2D eigenvalue weighted by molar-refractivity contribution is 9.10. The van der Waals surface area contributed by atoms with Crippen molar-refractivity contribution in [2.75, 3.05) is 13.7 Å². The number of benzene rings is 2. The number of aromatic hydroxyl groups is 2. The van der Waals surface area contributed by atoms with E-state index in [1.54, 1.807) is 35.2 Å². The van der Waals surface area contributed by atoms with E-state index >= 15 is 0 Å². The topological polar surface area (TPSA) is 98.7 Å². The maximum Gasteiger partial charge on any atom is 0.273 e. The van der Waals surface area contributed by atoms with Crippen LogP contribution in [0.1, 0.15) is 41.0 Å². The fourth-order valence-corrected chi connectivity index (χ4v) is 4.26. The first-order valence-electron chi connectivity index (χ1n) is 9.21. The SMILES string of the molecule is CCCN1C(=O)c2[nH]nc(-c3ccccc3O)c2[C@@H]1c1cc(Br)c(O)c(OC)c1. The smallest absolute Gasteiger partial charge is 0.273 e. The zero-order valence-corrected chi connectivity index (χ0v) is 17.5. The number of aromatic nitrogens is 2. The van der Waals surface area contributed by atoms with E-state index in [-0.39, 0.29) is 17.4 Å². The highest BCUT2D eigenvalue weighted by atomic mass is 79.9. The molecular formula is C21H20BrN3O4. The first kappa shape index (κ1) is 19.3. The van der Waals surface area contributed by atoms with Gasteiger partial charge < -0.3 is 19.8 Å². The Kier molecular flexibility index (Phi) is 4.96. The minimum absolute atomic E-state index is 0.00374. The van der Waals surface area contributed by atoms with E-state index in [9.17, 15) is 15.0 Å². The summed E-state index contributed by atoms with van der Waals surface area (Å²) in [6.07, 6.45) is 0.780. The largest absolute Gasteiger partial charge is 0.507 e. The molecule has 1 aliphatic rings. The van der Waals surface area contributed by atoms with Crippen LogP contribution in [0, 0.1) is 0 Å². The third-order valence-electron chi connectivity index (χ3n) is 5.07. The fourth-order valence-electron chi connectivity index (χ4n) is 3.80. The molecule has 1 atom stereocenters. The molecular weight excluding hydrogens is 438 g/mol. The minimum atomic E-state index is -0.434. The van der Waals surface area contributed by atoms with Crippen LogP contribution in [-0.2, 0) is 0 Å². The highest BCUT2D eigenvalue weighted by Gasteiger charge is 2.42. The van der Waals surface area contributed by atoms with E-state index in [1.807, 2.05) is 13.0 Å². The lowest BCUT2D eigenvalue weighted by atomic mass is 9.95. The number of hydrogen-bond acceptors (Lipinski definition) is 5. The van der Waals surface area contributed by atoms with Gasteiger partial charge in [0.15, 0.2) is 11.5 Å². The molecule has 1 amide bonds. The average molecular weight is 458 g/mol. The molecule has 4 rings (SSSR count). The van der Waals surface area contributed by atoms with Crippen LogP contribution in [-0.4, -0.2) is 44.9 Å². The first-order valence-corrected chi connectivity index (χ1v) is 10.0. The number of phenolic OH excluding ortho intramolecular Hbond substituents is 2. The fraction of sp³-hybridized carbons (Fsp3) is 0.238. The van der Waals surface area contributed by atoms with Crippen LogP contribution in [0.2, 0.25) is 0 Å². The number of ether oxygens (including phenoxy) is 1. The van der Waals surface area contributed by atoms with E-state index in [0.717, 1.165) is 12.0 Å². The van der Waals surface area contributed by atoms with Crippen molar-refractivity contribution in [1.29, 1.82) is 0 Å². The lowest BCUT2D eigenvalue weighted by Crippen LogP contribution is -2.30. The quantitative estimate of drug-likeness (QED) is 0.532. The maximum absolute atomic E-state index is 13.1. The molecule has 29 heavy (non-hydrogen) atoms. The van der Waals surface area contributed by atoms with Crippen LogP contribution in [0.15, 0.2) is 40.9 Å². The molecule has 2 heterocycles. The highest BCUT2D eigenvalue weighted by Crippen LogP contribution is 2.47. The third kappa shape index (κ3) is 3.04. The molecule has 0 saturated heterocycles. The van der Waals surface area contributed by atoms with Crippen molar-refractivity contribution in [2.24, 2.45) is 0 Å². The van der Waals surface area contributed by atoms with Gasteiger partial charge in [0.2, 0.25) is 0 Å². The Morgan fingerprint density at radius 2 is 2.03 bits per heavy atom. The second kappa shape index (κ2) is 7.44. The number of carbonyl (C=O) groups is 1. The van der Waals surface area contributed by atoms with Crippen LogP contribution in [0.4, 0.5) is 0 Å². The van der Waals surface area contributed by atoms with Gasteiger partial charge in [-0.15, -0.1) is 0 Å². The molecule has 0 saturated carbocycles. The molecule has 3 N–H and O–H groups in total. The number of phenols is 2. The molecule has 7 nitrogen and oxygen atoms in total. The summed E-state index contributed by atoms with van der Waals surface area (Å²) in [5.74, 6) is 0.242. The molecule has 1 aromatic heterocycles. The summed E-state index contributed by atoms with van der Waals surface area (Å²) in [5, 5.41) is 27.8. The van der Waals surface area contributed by atoms with Gasteiger partial charge in [-0.05, 0) is 52.2 Å². The minimum Gasteiger partial charge on any atom is -0.507 e. The summed E-state index contributed by atoms with van der Waals surface area (Å²) >= 11 is 3.37. The van der Waals surface area contributed by atoms with Crippen molar-refractivity contribution in [3.63, 3.8) is 0 Å². The van der Waals surface area contributed by atoms with Crippen LogP contribution >= 0.6 is 15.9 Å². The summed E-state index contributed by atoms with van der Waals surface area (Å²) in [5.41, 5.74) is 2.95. The number of nitrogens with zero attached hydrogens (tertiary/aromatic N) is 2. The number of halogens is 1. The van der Waals surface area contributed by atoms with Crippen molar-refractivity contribution in [3.8, 4) is 28.5 Å². The van der Waals surface area contributed by atoms with E-state index < -0.39 is 6.04 Å². The number of nitrogens with one attached hydrogen (secondary N) is 1. The molecule has 1 aliphatic heterocycles. The Bertz CT molecular complexity index is 1100. The van der Waals surface area contributed by atoms with Gasteiger partial charge >= 0.3 is 0 Å². The lowest BCUT2D eigenvalue weighted by Gasteiger charge is -2.26. The van der Waals surface area contributed by atoms with Crippen LogP contribution in [0.3, 0.4) is 0 Å². The van der Waals surface area contributed by atoms with Crippen molar-refractivity contribution < 1.29 is 19.7 Å². The number of aromatic amines is 1. The molecule has 0 spiro atoms. The molecule has 0 aliphatic carbocycles. The third-order valence-corrected chi connectivity index (χ3v) is 5.68. The summed E-state index contributed by atoms with van der Waals surface area (Å²) in [6, 6.07) is 9.96. The number of para-hydroxylation sites is 1. The predicted octanol–water partition coefficient (Wildman–Crippen LogP) is 4.21. The van der Waals surface area contributed by atoms with Gasteiger partial charge in [0.25, 0.3) is 5.91 Å². The monoisotopic (exact) mass is 457 g/mol. The van der Waals surface area contributed by atoms with Gasteiger partial charge in [-0.25, -0.2) is 0 Å². The van der Waals surface area contributed by atoms with Gasteiger partial charge in [0, 0.05) is 17.7 Å². The molecule has 0 radical (unpaired) electrons. The molecule has 0 fully saturated rings. The number of H-pyrrole nitrogens is 1. The molecule has 8 heteroatoms. The lowest BCUT2D eigenvalue weighted by molar-refractivity contribution is 0.0743. The Labute approximate surface area is 176 Å². The molecule has 0 unspecified atom stereocenters. The number of fused-ring (bicyclic) bond motifs is 1. The van der Waals surface area contributed by atoms with Gasteiger partial charge in [-0.2, -0.15) is 5.10 Å². The second-order valence-electron chi connectivity index (χ2n) is 6.83. The zero-order chi connectivity index (χ0) is 20.7. The van der Waals surface area contributed by atoms with Gasteiger partial charge in [0.05, 0.1) is 17.6 Å². The Morgan fingerprint density at radius 3 is 2.72 bits per heavy atom. The van der Waals surface area contributed by atoms with Gasteiger partial charge in [-0.1, -0.05) is 19.1 Å². The van der Waals surface area contributed by atoms with Gasteiger partial charge in [-0.3, -0.25) is 9.89 Å². The molecule has 150 valence electrons. The second-order valence-corrected chi connectivity index (χ2v) is 7.69. The Morgan fingerprint density at radius 1 is 1.28 bits per heavy atom. The molecule has 0 bridgehead atoms. The van der Waals surface area contributed by atoms with Crippen LogP contribution in [0.5, 0.6) is 17.2 Å². The van der Waals surface area contributed by atoms with E-state index in [1.165, 1.54) is 7.11 Å². The van der Waals surface area contributed by atoms with E-state index in [4.69, 9.17) is 4.74 Å².